The van der Waals surface area contributed by atoms with Crippen molar-refractivity contribution in [3.63, 3.8) is 0 Å². The summed E-state index contributed by atoms with van der Waals surface area (Å²) in [6, 6.07) is 6.70. The van der Waals surface area contributed by atoms with Gasteiger partial charge in [-0.3, -0.25) is 9.09 Å². The molecular weight excluding hydrogens is 671 g/mol. The summed E-state index contributed by atoms with van der Waals surface area (Å²) in [7, 11) is -4.74. The number of benzene rings is 1. The fourth-order valence-corrected chi connectivity index (χ4v) is 10.9. The smallest absolute Gasteiger partial charge is 0.387 e. The molecule has 0 aliphatic carbocycles. The third kappa shape index (κ3) is 11.4. The molecule has 40 heavy (non-hydrogen) atoms. The summed E-state index contributed by atoms with van der Waals surface area (Å²) in [5.41, 5.74) is 2.29. The summed E-state index contributed by atoms with van der Waals surface area (Å²) in [5, 5.41) is 21.7. The Balaban J connectivity index is 0.000000282. The van der Waals surface area contributed by atoms with Gasteiger partial charge >= 0.3 is 13.5 Å². The Bertz CT molecular complexity index is 1260. The minimum Gasteiger partial charge on any atom is -0.387 e. The number of hydrogen-bond donors (Lipinski definition) is 5. The van der Waals surface area contributed by atoms with E-state index in [0.717, 1.165) is 14.5 Å². The maximum absolute atomic E-state index is 11.6. The lowest BCUT2D eigenvalue weighted by molar-refractivity contribution is -0.0542. The van der Waals surface area contributed by atoms with Crippen molar-refractivity contribution in [1.29, 1.82) is 0 Å². The summed E-state index contributed by atoms with van der Waals surface area (Å²) < 4.78 is 32.0. The second-order valence-corrected chi connectivity index (χ2v) is 17.4. The third-order valence-corrected chi connectivity index (χ3v) is 13.0. The summed E-state index contributed by atoms with van der Waals surface area (Å²) in [4.78, 5) is 33.2. The summed E-state index contributed by atoms with van der Waals surface area (Å²) in [6.07, 6.45) is -4.27. The third-order valence-electron chi connectivity index (χ3n) is 4.76. The number of hydrogen-bond acceptors (Lipinski definition) is 13. The van der Waals surface area contributed by atoms with Gasteiger partial charge in [0.05, 0.1) is 29.9 Å². The van der Waals surface area contributed by atoms with Crippen LogP contribution >= 0.6 is 59.9 Å². The van der Waals surface area contributed by atoms with Crippen molar-refractivity contribution in [2.45, 2.75) is 43.3 Å². The number of phosphoric acid groups is 1. The van der Waals surface area contributed by atoms with Gasteiger partial charge in [0.25, 0.3) is 0 Å². The van der Waals surface area contributed by atoms with Gasteiger partial charge in [-0.1, -0.05) is 34.6 Å². The topological polar surface area (TPSA) is 196 Å². The Labute approximate surface area is 253 Å². The number of aliphatic hydroxyl groups excluding tert-OH is 2. The number of thioether (sulfide) groups is 1. The molecule has 3 rings (SSSR count). The minimum atomic E-state index is -4.74. The van der Waals surface area contributed by atoms with Crippen molar-refractivity contribution in [2.75, 3.05) is 30.6 Å². The molecule has 13 nitrogen and oxygen atoms in total. The van der Waals surface area contributed by atoms with Gasteiger partial charge in [0.2, 0.25) is 5.69 Å². The first-order valence-corrected chi connectivity index (χ1v) is 18.9. The zero-order valence-corrected chi connectivity index (χ0v) is 26.9. The zero-order valence-electron chi connectivity index (χ0n) is 21.1. The highest BCUT2D eigenvalue weighted by molar-refractivity contribution is 8.69. The van der Waals surface area contributed by atoms with Crippen LogP contribution in [-0.2, 0) is 34.7 Å². The molecule has 2 heterocycles. The highest BCUT2D eigenvalue weighted by Crippen LogP contribution is 2.62. The van der Waals surface area contributed by atoms with Gasteiger partial charge in [0.1, 0.15) is 24.1 Å². The average molecular weight is 701 g/mol. The molecule has 0 bridgehead atoms. The first-order chi connectivity index (χ1) is 18.7. The van der Waals surface area contributed by atoms with Gasteiger partial charge in [-0.15, -0.1) is 11.8 Å². The number of aromatic nitrogens is 2. The number of anilines is 1. The molecule has 2 aromatic rings. The van der Waals surface area contributed by atoms with Gasteiger partial charge in [0, 0.05) is 16.1 Å². The van der Waals surface area contributed by atoms with E-state index < -0.39 is 50.4 Å². The molecule has 1 aromatic carbocycles. The summed E-state index contributed by atoms with van der Waals surface area (Å²) >= 11 is 20.6. The van der Waals surface area contributed by atoms with Crippen LogP contribution in [0.5, 0.6) is 0 Å². The zero-order chi connectivity index (χ0) is 30.1. The number of nitrogens with zero attached hydrogens (tertiary/aromatic N) is 2. The SMILES string of the molecule is CCOP(=S)(OCC)SCSc1cc(Cl)ccc1Cl.Nc1ccn([C@@H]2O[C@H](COP(=O)(O)O)[C@@H](O)[C@H]2O)c(=O)n1. The Hall–Kier alpha value is -0.260. The lowest BCUT2D eigenvalue weighted by Crippen LogP contribution is -2.36. The maximum atomic E-state index is 11.6. The van der Waals surface area contributed by atoms with Crippen molar-refractivity contribution in [2.24, 2.45) is 0 Å². The van der Waals surface area contributed by atoms with Crippen LogP contribution in [0.25, 0.3) is 0 Å². The molecule has 4 atom stereocenters. The van der Waals surface area contributed by atoms with Crippen LogP contribution in [0.4, 0.5) is 5.82 Å². The number of halogens is 2. The van der Waals surface area contributed by atoms with Gasteiger partial charge < -0.3 is 39.5 Å². The Morgan fingerprint density at radius 2 is 1.80 bits per heavy atom. The van der Waals surface area contributed by atoms with Crippen molar-refractivity contribution >= 4 is 77.5 Å². The summed E-state index contributed by atoms with van der Waals surface area (Å²) in [6.45, 7) is 4.30. The highest BCUT2D eigenvalue weighted by Gasteiger charge is 2.45. The number of nitrogens with two attached hydrogens (primary N) is 1. The van der Waals surface area contributed by atoms with E-state index in [1.165, 1.54) is 23.6 Å². The molecular formula is C20H29Cl2N3O10P2S3. The lowest BCUT2D eigenvalue weighted by Gasteiger charge is -2.19. The maximum Gasteiger partial charge on any atom is 0.469 e. The van der Waals surface area contributed by atoms with Crippen molar-refractivity contribution in [3.8, 4) is 0 Å². The van der Waals surface area contributed by atoms with Gasteiger partial charge in [-0.25, -0.2) is 9.36 Å². The number of nitrogen functional groups attached to an aromatic ring is 1. The molecule has 0 amide bonds. The monoisotopic (exact) mass is 699 g/mol. The number of aliphatic hydroxyl groups is 2. The van der Waals surface area contributed by atoms with E-state index in [0.29, 0.717) is 23.3 Å². The van der Waals surface area contributed by atoms with E-state index in [4.69, 9.17) is 64.3 Å². The largest absolute Gasteiger partial charge is 0.469 e. The van der Waals surface area contributed by atoms with Crippen LogP contribution in [0.15, 0.2) is 40.2 Å². The van der Waals surface area contributed by atoms with Crippen LogP contribution in [0.1, 0.15) is 20.1 Å². The second-order valence-electron chi connectivity index (χ2n) is 7.62. The number of ether oxygens (including phenoxy) is 1. The molecule has 0 spiro atoms. The number of phosphoric ester groups is 1. The predicted molar refractivity (Wildman–Crippen MR) is 159 cm³/mol. The highest BCUT2D eigenvalue weighted by atomic mass is 35.5. The van der Waals surface area contributed by atoms with Crippen LogP contribution < -0.4 is 11.4 Å². The molecule has 0 unspecified atom stereocenters. The predicted octanol–water partition coefficient (Wildman–Crippen LogP) is 3.63. The molecule has 1 aliphatic rings. The van der Waals surface area contributed by atoms with Crippen molar-refractivity contribution in [3.05, 3.63) is 51.0 Å². The Morgan fingerprint density at radius 1 is 1.15 bits per heavy atom. The average Bonchev–Trinajstić information content (AvgIpc) is 3.14. The molecule has 1 aromatic heterocycles. The van der Waals surface area contributed by atoms with E-state index in [1.807, 2.05) is 19.9 Å². The molecule has 1 aliphatic heterocycles. The van der Waals surface area contributed by atoms with Crippen LogP contribution in [0.3, 0.4) is 0 Å². The molecule has 6 N–H and O–H groups in total. The Kier molecular flexibility index (Phi) is 14.9. The van der Waals surface area contributed by atoms with Crippen molar-refractivity contribution in [1.82, 2.24) is 9.55 Å². The van der Waals surface area contributed by atoms with Crippen LogP contribution in [0.2, 0.25) is 10.0 Å². The quantitative estimate of drug-likeness (QED) is 0.122. The first kappa shape index (κ1) is 35.9. The van der Waals surface area contributed by atoms with Gasteiger partial charge in [-0.05, 0) is 49.9 Å². The van der Waals surface area contributed by atoms with E-state index in [2.05, 4.69) is 9.51 Å². The normalized spacial score (nSPS) is 21.2. The van der Waals surface area contributed by atoms with Gasteiger partial charge in [-0.2, -0.15) is 4.98 Å². The molecule has 1 saturated heterocycles. The Morgan fingerprint density at radius 3 is 2.38 bits per heavy atom. The van der Waals surface area contributed by atoms with Crippen LogP contribution in [-0.4, -0.2) is 72.8 Å². The molecule has 1 fully saturated rings. The van der Waals surface area contributed by atoms with E-state index in [-0.39, 0.29) is 5.82 Å². The standard InChI is InChI=1S/C11H15Cl2O2PS3.C9H14N3O8P/c1-3-14-16(17,15-4-2)19-8-18-11-7-9(12)5-6-10(11)13;10-5-1-2-12(9(15)11-5)8-7(14)6(13)4(20-8)3-19-21(16,17)18/h5-7H,3-4,8H2,1-2H3;1-2,4,6-8,13-14H,3H2,(H2,10,11,15)(H2,16,17,18)/t;4-,6-,7-,8-/m.1/s1. The fourth-order valence-electron chi connectivity index (χ4n) is 3.06. The molecule has 20 heteroatoms. The van der Waals surface area contributed by atoms with Crippen molar-refractivity contribution < 1.29 is 42.9 Å². The molecule has 226 valence electrons. The minimum absolute atomic E-state index is 0.0225. The molecule has 0 saturated carbocycles. The second kappa shape index (κ2) is 16.6. The molecule has 0 radical (unpaired) electrons. The van der Waals surface area contributed by atoms with E-state index >= 15 is 0 Å². The van der Waals surface area contributed by atoms with Gasteiger partial charge in [0.15, 0.2) is 6.23 Å². The van der Waals surface area contributed by atoms with E-state index in [9.17, 15) is 19.6 Å². The lowest BCUT2D eigenvalue weighted by atomic mass is 10.1. The first-order valence-electron chi connectivity index (χ1n) is 11.4. The van der Waals surface area contributed by atoms with E-state index in [1.54, 1.807) is 23.9 Å². The summed E-state index contributed by atoms with van der Waals surface area (Å²) in [5.74, 6) is -0.0225. The fraction of sp³-hybridized carbons (Fsp3) is 0.500. The number of rotatable bonds is 12. The van der Waals surface area contributed by atoms with Crippen LogP contribution in [0, 0.1) is 0 Å².